The molecule has 1 aliphatic rings. The normalized spacial score (nSPS) is 18.7. The van der Waals surface area contributed by atoms with Crippen LogP contribution in [0.4, 0.5) is 4.79 Å². The summed E-state index contributed by atoms with van der Waals surface area (Å²) in [6, 6.07) is 13.9. The van der Waals surface area contributed by atoms with Crippen molar-refractivity contribution in [3.63, 3.8) is 0 Å². The lowest BCUT2D eigenvalue weighted by molar-refractivity contribution is -0.128. The molecule has 2 atom stereocenters. The molecule has 3 amide bonds. The van der Waals surface area contributed by atoms with Crippen molar-refractivity contribution in [2.75, 3.05) is 13.6 Å². The van der Waals surface area contributed by atoms with Gasteiger partial charge in [-0.2, -0.15) is 0 Å². The van der Waals surface area contributed by atoms with E-state index in [0.29, 0.717) is 13.0 Å². The molecule has 1 saturated heterocycles. The Hall–Kier alpha value is -2.56. The van der Waals surface area contributed by atoms with Crippen molar-refractivity contribution in [1.29, 1.82) is 0 Å². The zero-order valence-corrected chi connectivity index (χ0v) is 14.1. The lowest BCUT2D eigenvalue weighted by Crippen LogP contribution is -2.48. The number of likely N-dealkylation sites (tertiary alicyclic amines) is 1. The molecular formula is C19H23N3O2. The minimum Gasteiger partial charge on any atom is -0.344 e. The van der Waals surface area contributed by atoms with E-state index in [1.54, 1.807) is 11.9 Å². The number of carbonyl (C=O) groups is 2. The van der Waals surface area contributed by atoms with Crippen molar-refractivity contribution in [1.82, 2.24) is 15.5 Å². The Labute approximate surface area is 142 Å². The van der Waals surface area contributed by atoms with Gasteiger partial charge < -0.3 is 15.5 Å². The minimum absolute atomic E-state index is 0.0135. The van der Waals surface area contributed by atoms with Gasteiger partial charge in [-0.25, -0.2) is 4.79 Å². The first-order valence-electron chi connectivity index (χ1n) is 8.32. The van der Waals surface area contributed by atoms with Gasteiger partial charge in [-0.05, 0) is 36.1 Å². The summed E-state index contributed by atoms with van der Waals surface area (Å²) < 4.78 is 0. The number of benzene rings is 2. The molecule has 1 fully saturated rings. The molecule has 0 unspecified atom stereocenters. The number of likely N-dealkylation sites (N-methyl/N-ethyl adjacent to an activating group) is 1. The van der Waals surface area contributed by atoms with Crippen molar-refractivity contribution in [3.8, 4) is 0 Å². The predicted octanol–water partition coefficient (Wildman–Crippen LogP) is 2.30. The highest BCUT2D eigenvalue weighted by Crippen LogP contribution is 2.16. The maximum atomic E-state index is 12.1. The summed E-state index contributed by atoms with van der Waals surface area (Å²) in [6.07, 6.45) is 1.42. The summed E-state index contributed by atoms with van der Waals surface area (Å²) >= 11 is 0. The van der Waals surface area contributed by atoms with Crippen LogP contribution in [0.5, 0.6) is 0 Å². The van der Waals surface area contributed by atoms with E-state index >= 15 is 0 Å². The van der Waals surface area contributed by atoms with E-state index in [2.05, 4.69) is 41.0 Å². The number of hydrogen-bond donors (Lipinski definition) is 2. The van der Waals surface area contributed by atoms with Gasteiger partial charge in [0.15, 0.2) is 0 Å². The number of urea groups is 1. The zero-order chi connectivity index (χ0) is 17.1. The molecule has 0 aliphatic carbocycles. The van der Waals surface area contributed by atoms with E-state index in [-0.39, 0.29) is 18.0 Å². The van der Waals surface area contributed by atoms with Crippen LogP contribution in [-0.4, -0.2) is 42.5 Å². The third-order valence-electron chi connectivity index (χ3n) is 4.47. The van der Waals surface area contributed by atoms with Gasteiger partial charge in [0, 0.05) is 19.6 Å². The van der Waals surface area contributed by atoms with Gasteiger partial charge in [0.1, 0.15) is 6.04 Å². The van der Waals surface area contributed by atoms with Gasteiger partial charge in [-0.3, -0.25) is 4.79 Å². The molecule has 2 aromatic carbocycles. The van der Waals surface area contributed by atoms with Crippen LogP contribution in [0, 0.1) is 0 Å². The molecule has 3 rings (SSSR count). The maximum Gasteiger partial charge on any atom is 0.315 e. The number of amides is 3. The van der Waals surface area contributed by atoms with Crippen molar-refractivity contribution < 1.29 is 9.59 Å². The van der Waals surface area contributed by atoms with Crippen LogP contribution >= 0.6 is 0 Å². The van der Waals surface area contributed by atoms with Gasteiger partial charge >= 0.3 is 6.03 Å². The highest BCUT2D eigenvalue weighted by molar-refractivity contribution is 5.88. The predicted molar refractivity (Wildman–Crippen MR) is 94.8 cm³/mol. The van der Waals surface area contributed by atoms with Gasteiger partial charge in [0.2, 0.25) is 5.91 Å². The molecule has 24 heavy (non-hydrogen) atoms. The van der Waals surface area contributed by atoms with Crippen LogP contribution in [-0.2, 0) is 11.2 Å². The molecule has 5 heteroatoms. The number of carbonyl (C=O) groups excluding carboxylic acids is 2. The summed E-state index contributed by atoms with van der Waals surface area (Å²) in [5.41, 5.74) is 1.18. The van der Waals surface area contributed by atoms with Crippen molar-refractivity contribution in [3.05, 3.63) is 48.0 Å². The first-order chi connectivity index (χ1) is 11.5. The average Bonchev–Trinajstić information content (AvgIpc) is 2.86. The molecule has 126 valence electrons. The molecule has 1 aliphatic heterocycles. The van der Waals surface area contributed by atoms with Crippen LogP contribution in [0.3, 0.4) is 0 Å². The van der Waals surface area contributed by atoms with E-state index in [9.17, 15) is 9.59 Å². The lowest BCUT2D eigenvalue weighted by atomic mass is 10.0. The molecule has 0 aromatic heterocycles. The van der Waals surface area contributed by atoms with Crippen molar-refractivity contribution >= 4 is 22.7 Å². The molecule has 0 radical (unpaired) electrons. The molecule has 2 N–H and O–H groups in total. The molecule has 5 nitrogen and oxygen atoms in total. The highest BCUT2D eigenvalue weighted by atomic mass is 16.2. The number of nitrogens with one attached hydrogen (secondary N) is 2. The van der Waals surface area contributed by atoms with E-state index in [0.717, 1.165) is 6.42 Å². The topological polar surface area (TPSA) is 61.4 Å². The second kappa shape index (κ2) is 6.91. The van der Waals surface area contributed by atoms with Crippen LogP contribution in [0.25, 0.3) is 10.8 Å². The summed E-state index contributed by atoms with van der Waals surface area (Å²) in [5.74, 6) is -0.0210. The summed E-state index contributed by atoms with van der Waals surface area (Å²) in [7, 11) is 1.75. The van der Waals surface area contributed by atoms with Crippen molar-refractivity contribution in [2.45, 2.75) is 31.8 Å². The Morgan fingerprint density at radius 3 is 2.71 bits per heavy atom. The monoisotopic (exact) mass is 325 g/mol. The van der Waals surface area contributed by atoms with Crippen LogP contribution in [0.2, 0.25) is 0 Å². The Kier molecular flexibility index (Phi) is 4.69. The van der Waals surface area contributed by atoms with Gasteiger partial charge in [0.25, 0.3) is 0 Å². The SMILES string of the molecule is C[C@@H](Cc1ccc2ccccc2c1)NC(=O)N[C@@H]1CCN(C)C1=O. The first-order valence-corrected chi connectivity index (χ1v) is 8.32. The Morgan fingerprint density at radius 2 is 2.00 bits per heavy atom. The summed E-state index contributed by atoms with van der Waals surface area (Å²) in [5, 5.41) is 8.09. The quantitative estimate of drug-likeness (QED) is 0.906. The third-order valence-corrected chi connectivity index (χ3v) is 4.47. The fourth-order valence-corrected chi connectivity index (χ4v) is 3.15. The second-order valence-corrected chi connectivity index (χ2v) is 6.51. The van der Waals surface area contributed by atoms with Crippen LogP contribution in [0.1, 0.15) is 18.9 Å². The maximum absolute atomic E-state index is 12.1. The third kappa shape index (κ3) is 3.67. The van der Waals surface area contributed by atoms with Gasteiger partial charge in [-0.1, -0.05) is 42.5 Å². The largest absolute Gasteiger partial charge is 0.344 e. The Bertz CT molecular complexity index is 759. The first kappa shape index (κ1) is 16.3. The number of hydrogen-bond acceptors (Lipinski definition) is 2. The van der Waals surface area contributed by atoms with E-state index in [1.807, 2.05) is 19.1 Å². The summed E-state index contributed by atoms with van der Waals surface area (Å²) in [4.78, 5) is 25.5. The van der Waals surface area contributed by atoms with E-state index in [4.69, 9.17) is 0 Å². The fourth-order valence-electron chi connectivity index (χ4n) is 3.15. The molecule has 0 bridgehead atoms. The van der Waals surface area contributed by atoms with Crippen LogP contribution in [0.15, 0.2) is 42.5 Å². The van der Waals surface area contributed by atoms with Crippen molar-refractivity contribution in [2.24, 2.45) is 0 Å². The fraction of sp³-hybridized carbons (Fsp3) is 0.368. The second-order valence-electron chi connectivity index (χ2n) is 6.51. The molecular weight excluding hydrogens is 302 g/mol. The molecule has 2 aromatic rings. The molecule has 1 heterocycles. The van der Waals surface area contributed by atoms with Gasteiger partial charge in [-0.15, -0.1) is 0 Å². The average molecular weight is 325 g/mol. The molecule has 0 saturated carbocycles. The smallest absolute Gasteiger partial charge is 0.315 e. The number of fused-ring (bicyclic) bond motifs is 1. The summed E-state index contributed by atoms with van der Waals surface area (Å²) in [6.45, 7) is 2.66. The van der Waals surface area contributed by atoms with E-state index < -0.39 is 6.04 Å². The molecule has 0 spiro atoms. The van der Waals surface area contributed by atoms with E-state index in [1.165, 1.54) is 16.3 Å². The Morgan fingerprint density at radius 1 is 1.25 bits per heavy atom. The highest BCUT2D eigenvalue weighted by Gasteiger charge is 2.30. The number of nitrogens with zero attached hydrogens (tertiary/aromatic N) is 1. The Balaban J connectivity index is 1.55. The number of rotatable bonds is 4. The standard InChI is InChI=1S/C19H23N3O2/c1-13(20-19(24)21-17-9-10-22(2)18(17)23)11-14-7-8-15-5-3-4-6-16(15)12-14/h3-8,12-13,17H,9-11H2,1-2H3,(H2,20,21,24)/t13-,17+/m0/s1. The van der Waals surface area contributed by atoms with Crippen LogP contribution < -0.4 is 10.6 Å². The lowest BCUT2D eigenvalue weighted by Gasteiger charge is -2.17. The minimum atomic E-state index is -0.400. The van der Waals surface area contributed by atoms with Gasteiger partial charge in [0.05, 0.1) is 0 Å². The zero-order valence-electron chi connectivity index (χ0n) is 14.1.